The van der Waals surface area contributed by atoms with Crippen LogP contribution in [0.25, 0.3) is 0 Å². The highest BCUT2D eigenvalue weighted by atomic mass is 32.1. The Morgan fingerprint density at radius 3 is 3.29 bits per heavy atom. The molecule has 0 radical (unpaired) electrons. The third-order valence-electron chi connectivity index (χ3n) is 2.93. The fourth-order valence-electron chi connectivity index (χ4n) is 1.96. The summed E-state index contributed by atoms with van der Waals surface area (Å²) in [6.45, 7) is 7.62. The first kappa shape index (κ1) is 12.8. The Morgan fingerprint density at radius 1 is 1.71 bits per heavy atom. The van der Waals surface area contributed by atoms with Crippen molar-refractivity contribution in [1.82, 2.24) is 15.2 Å². The number of hydrogen-bond donors (Lipinski definition) is 2. The van der Waals surface area contributed by atoms with Gasteiger partial charge in [0, 0.05) is 37.3 Å². The minimum atomic E-state index is 0.00729. The van der Waals surface area contributed by atoms with Gasteiger partial charge in [0.25, 0.3) is 0 Å². The highest BCUT2D eigenvalue weighted by Crippen LogP contribution is 2.04. The van der Waals surface area contributed by atoms with E-state index in [0.717, 1.165) is 38.5 Å². The van der Waals surface area contributed by atoms with Crippen LogP contribution in [0.4, 0.5) is 0 Å². The highest BCUT2D eigenvalue weighted by Gasteiger charge is 2.18. The van der Waals surface area contributed by atoms with E-state index in [0.29, 0.717) is 6.54 Å². The molecule has 1 unspecified atom stereocenters. The number of hydrogen-bond acceptors (Lipinski definition) is 5. The quantitative estimate of drug-likeness (QED) is 0.794. The second-order valence-corrected chi connectivity index (χ2v) is 5.03. The van der Waals surface area contributed by atoms with Crippen molar-refractivity contribution in [1.29, 1.82) is 0 Å². The van der Waals surface area contributed by atoms with Gasteiger partial charge in [-0.25, -0.2) is 0 Å². The maximum Gasteiger partial charge on any atom is 0.304 e. The van der Waals surface area contributed by atoms with Crippen LogP contribution < -0.4 is 10.2 Å². The molecule has 1 aromatic heterocycles. The first-order chi connectivity index (χ1) is 8.28. The summed E-state index contributed by atoms with van der Waals surface area (Å²) < 4.78 is 5.68. The van der Waals surface area contributed by atoms with E-state index in [1.54, 1.807) is 0 Å². The largest absolute Gasteiger partial charge is 0.374 e. The van der Waals surface area contributed by atoms with Gasteiger partial charge in [-0.3, -0.25) is 9.69 Å². The minimum Gasteiger partial charge on any atom is -0.374 e. The lowest BCUT2D eigenvalue weighted by Crippen LogP contribution is -2.46. The number of nitrogens with one attached hydrogen (secondary N) is 2. The number of ether oxygens (including phenoxy) is 1. The van der Waals surface area contributed by atoms with Crippen molar-refractivity contribution in [2.45, 2.75) is 19.6 Å². The summed E-state index contributed by atoms with van der Waals surface area (Å²) in [5.74, 6) is 0. The molecule has 0 spiro atoms. The Bertz CT molecular complexity index is 390. The molecule has 2 N–H and O–H groups in total. The van der Waals surface area contributed by atoms with E-state index >= 15 is 0 Å². The van der Waals surface area contributed by atoms with Crippen LogP contribution in [0.15, 0.2) is 10.2 Å². The molecule has 1 atom stereocenters. The molecule has 1 aliphatic rings. The third kappa shape index (κ3) is 3.92. The van der Waals surface area contributed by atoms with E-state index in [1.165, 1.54) is 11.3 Å². The number of H-pyrrole nitrogens is 1. The lowest BCUT2D eigenvalue weighted by atomic mass is 10.2. The Balaban J connectivity index is 1.69. The van der Waals surface area contributed by atoms with Gasteiger partial charge in [-0.1, -0.05) is 18.3 Å². The fourth-order valence-corrected chi connectivity index (χ4v) is 2.54. The summed E-state index contributed by atoms with van der Waals surface area (Å²) in [5.41, 5.74) is 0.947. The summed E-state index contributed by atoms with van der Waals surface area (Å²) in [5, 5.41) is 5.17. The van der Waals surface area contributed by atoms with E-state index in [2.05, 4.69) is 22.1 Å². The predicted molar refractivity (Wildman–Crippen MR) is 68.5 cm³/mol. The smallest absolute Gasteiger partial charge is 0.304 e. The molecule has 1 aliphatic heterocycles. The van der Waals surface area contributed by atoms with Crippen molar-refractivity contribution >= 4 is 11.3 Å². The van der Waals surface area contributed by atoms with E-state index in [1.807, 2.05) is 5.38 Å². The van der Waals surface area contributed by atoms with Gasteiger partial charge in [-0.15, -0.1) is 0 Å². The van der Waals surface area contributed by atoms with Crippen molar-refractivity contribution in [3.8, 4) is 0 Å². The first-order valence-corrected chi connectivity index (χ1v) is 6.87. The second kappa shape index (κ2) is 6.30. The van der Waals surface area contributed by atoms with Crippen molar-refractivity contribution in [2.75, 3.05) is 32.8 Å². The zero-order chi connectivity index (χ0) is 12.1. The van der Waals surface area contributed by atoms with Gasteiger partial charge in [0.1, 0.15) is 0 Å². The van der Waals surface area contributed by atoms with E-state index in [-0.39, 0.29) is 11.0 Å². The molecule has 0 saturated carbocycles. The number of aromatic nitrogens is 1. The van der Waals surface area contributed by atoms with Crippen molar-refractivity contribution in [3.63, 3.8) is 0 Å². The summed E-state index contributed by atoms with van der Waals surface area (Å²) in [4.78, 5) is 16.1. The normalized spacial score (nSPS) is 21.8. The highest BCUT2D eigenvalue weighted by molar-refractivity contribution is 7.07. The maximum atomic E-state index is 10.9. The molecule has 1 aromatic rings. The van der Waals surface area contributed by atoms with E-state index < -0.39 is 0 Å². The molecule has 2 rings (SSSR count). The molecule has 0 aliphatic carbocycles. The number of aromatic amines is 1. The van der Waals surface area contributed by atoms with Gasteiger partial charge in [0.05, 0.1) is 12.7 Å². The van der Waals surface area contributed by atoms with Crippen LogP contribution in [0.3, 0.4) is 0 Å². The average molecular weight is 257 g/mol. The number of rotatable bonds is 5. The van der Waals surface area contributed by atoms with Crippen LogP contribution >= 0.6 is 11.3 Å². The van der Waals surface area contributed by atoms with Gasteiger partial charge in [0.15, 0.2) is 0 Å². The predicted octanol–water partition coefficient (Wildman–Crippen LogP) is 0.247. The SMILES string of the molecule is CCN1CCOC(CNCc2csc(=O)[nH]2)C1. The third-order valence-corrected chi connectivity index (χ3v) is 3.65. The molecule has 2 heterocycles. The van der Waals surface area contributed by atoms with Crippen LogP contribution in [0.1, 0.15) is 12.6 Å². The lowest BCUT2D eigenvalue weighted by Gasteiger charge is -2.32. The van der Waals surface area contributed by atoms with Gasteiger partial charge in [-0.2, -0.15) is 0 Å². The van der Waals surface area contributed by atoms with Crippen LogP contribution in [0.5, 0.6) is 0 Å². The molecule has 5 nitrogen and oxygen atoms in total. The topological polar surface area (TPSA) is 57.4 Å². The maximum absolute atomic E-state index is 10.9. The van der Waals surface area contributed by atoms with E-state index in [9.17, 15) is 4.79 Å². The molecule has 96 valence electrons. The molecule has 0 bridgehead atoms. The first-order valence-electron chi connectivity index (χ1n) is 5.99. The zero-order valence-corrected chi connectivity index (χ0v) is 10.9. The summed E-state index contributed by atoms with van der Waals surface area (Å²) in [6, 6.07) is 0. The standard InChI is InChI=1S/C11H19N3O2S/c1-2-14-3-4-16-10(7-14)6-12-5-9-8-17-11(15)13-9/h8,10,12H,2-7H2,1H3,(H,13,15). The molecular weight excluding hydrogens is 238 g/mol. The average Bonchev–Trinajstić information content (AvgIpc) is 2.75. The van der Waals surface area contributed by atoms with Crippen LogP contribution in [0.2, 0.25) is 0 Å². The molecule has 0 aromatic carbocycles. The molecule has 6 heteroatoms. The van der Waals surface area contributed by atoms with Gasteiger partial charge >= 0.3 is 4.87 Å². The van der Waals surface area contributed by atoms with Crippen LogP contribution in [0, 0.1) is 0 Å². The van der Waals surface area contributed by atoms with Gasteiger partial charge in [0.2, 0.25) is 0 Å². The second-order valence-electron chi connectivity index (χ2n) is 4.19. The molecule has 1 fully saturated rings. The van der Waals surface area contributed by atoms with Gasteiger partial charge < -0.3 is 15.0 Å². The summed E-state index contributed by atoms with van der Waals surface area (Å²) in [7, 11) is 0. The lowest BCUT2D eigenvalue weighted by molar-refractivity contribution is -0.0254. The van der Waals surface area contributed by atoms with Gasteiger partial charge in [-0.05, 0) is 6.54 Å². The van der Waals surface area contributed by atoms with Crippen molar-refractivity contribution in [3.05, 3.63) is 20.7 Å². The van der Waals surface area contributed by atoms with E-state index in [4.69, 9.17) is 4.74 Å². The van der Waals surface area contributed by atoms with Crippen molar-refractivity contribution < 1.29 is 4.74 Å². The zero-order valence-electron chi connectivity index (χ0n) is 10.1. The Kier molecular flexibility index (Phi) is 4.73. The Hall–Kier alpha value is -0.690. The summed E-state index contributed by atoms with van der Waals surface area (Å²) >= 11 is 1.20. The number of likely N-dealkylation sites (N-methyl/N-ethyl adjacent to an activating group) is 1. The number of nitrogens with zero attached hydrogens (tertiary/aromatic N) is 1. The monoisotopic (exact) mass is 257 g/mol. The van der Waals surface area contributed by atoms with Crippen molar-refractivity contribution in [2.24, 2.45) is 0 Å². The van der Waals surface area contributed by atoms with Crippen LogP contribution in [-0.2, 0) is 11.3 Å². The van der Waals surface area contributed by atoms with Crippen LogP contribution in [-0.4, -0.2) is 48.8 Å². The Morgan fingerprint density at radius 2 is 2.59 bits per heavy atom. The number of morpholine rings is 1. The fraction of sp³-hybridized carbons (Fsp3) is 0.727. The molecule has 0 amide bonds. The molecule has 17 heavy (non-hydrogen) atoms. The molecular formula is C11H19N3O2S. The minimum absolute atomic E-state index is 0.00729. The Labute approximate surface area is 105 Å². The number of thiazole rings is 1. The summed E-state index contributed by atoms with van der Waals surface area (Å²) in [6.07, 6.45) is 0.258. The molecule has 1 saturated heterocycles.